The number of benzene rings is 2. The number of nitrogens with one attached hydrogen (secondary N) is 1. The average Bonchev–Trinajstić information content (AvgIpc) is 2.84. The number of hydrogen-bond donors (Lipinski definition) is 3. The lowest BCUT2D eigenvalue weighted by molar-refractivity contribution is -0.253. The Balaban J connectivity index is 1.67. The van der Waals surface area contributed by atoms with E-state index >= 15 is 0 Å². The Hall–Kier alpha value is -3.86. The van der Waals surface area contributed by atoms with Gasteiger partial charge >= 0.3 is 0 Å². The van der Waals surface area contributed by atoms with Gasteiger partial charge in [-0.2, -0.15) is 0 Å². The summed E-state index contributed by atoms with van der Waals surface area (Å²) in [5, 5.41) is 11.5. The fraction of sp³-hybridized carbons (Fsp3) is 0.280. The first kappa shape index (κ1) is 25.8. The van der Waals surface area contributed by atoms with Crippen molar-refractivity contribution in [3.05, 3.63) is 88.5 Å². The largest absolute Gasteiger partial charge is 0.497 e. The van der Waals surface area contributed by atoms with Crippen molar-refractivity contribution in [3.63, 3.8) is 0 Å². The predicted octanol–water partition coefficient (Wildman–Crippen LogP) is 2.20. The first-order valence-electron chi connectivity index (χ1n) is 11.0. The number of nitrogens with two attached hydrogens (primary N) is 1. The quantitative estimate of drug-likeness (QED) is 0.265. The van der Waals surface area contributed by atoms with E-state index in [2.05, 4.69) is 20.2 Å². The highest BCUT2D eigenvalue weighted by Gasteiger charge is 2.14. The summed E-state index contributed by atoms with van der Waals surface area (Å²) in [4.78, 5) is 38.7. The molecule has 1 aromatic heterocycles. The van der Waals surface area contributed by atoms with Crippen LogP contribution in [-0.2, 0) is 35.9 Å². The summed E-state index contributed by atoms with van der Waals surface area (Å²) in [5.74, 6) is -0.102. The maximum Gasteiger partial charge on any atom is 0.270 e. The van der Waals surface area contributed by atoms with Crippen LogP contribution in [0.1, 0.15) is 38.4 Å². The van der Waals surface area contributed by atoms with Crippen molar-refractivity contribution in [1.29, 1.82) is 0 Å². The molecule has 0 aliphatic rings. The minimum absolute atomic E-state index is 0.0158. The van der Waals surface area contributed by atoms with Crippen molar-refractivity contribution < 1.29 is 24.5 Å². The van der Waals surface area contributed by atoms with Crippen LogP contribution in [0.2, 0.25) is 0 Å². The smallest absolute Gasteiger partial charge is 0.270 e. The molecular weight excluding hydrogens is 450 g/mol. The maximum absolute atomic E-state index is 12.7. The Bertz CT molecular complexity index is 1170. The number of rotatable bonds is 12. The Labute approximate surface area is 203 Å². The molecule has 184 valence electrons. The minimum Gasteiger partial charge on any atom is -0.497 e. The molecule has 0 radical (unpaired) electrons. The summed E-state index contributed by atoms with van der Waals surface area (Å²) in [6.07, 6.45) is 1.33. The van der Waals surface area contributed by atoms with E-state index in [9.17, 15) is 9.59 Å². The Morgan fingerprint density at radius 3 is 2.63 bits per heavy atom. The molecule has 0 unspecified atom stereocenters. The Morgan fingerprint density at radius 1 is 1.09 bits per heavy atom. The number of amides is 2. The molecule has 0 aliphatic carbocycles. The zero-order valence-electron chi connectivity index (χ0n) is 19.7. The van der Waals surface area contributed by atoms with Crippen molar-refractivity contribution in [1.82, 2.24) is 20.2 Å². The average molecular weight is 480 g/mol. The lowest BCUT2D eigenvalue weighted by Crippen LogP contribution is -2.33. The second kappa shape index (κ2) is 12.6. The molecule has 0 saturated heterocycles. The Morgan fingerprint density at radius 2 is 1.91 bits per heavy atom. The van der Waals surface area contributed by atoms with Crippen LogP contribution < -0.4 is 15.8 Å². The van der Waals surface area contributed by atoms with Crippen LogP contribution >= 0.6 is 0 Å². The van der Waals surface area contributed by atoms with E-state index in [1.807, 2.05) is 54.3 Å². The van der Waals surface area contributed by atoms with Crippen molar-refractivity contribution in [2.24, 2.45) is 5.73 Å². The van der Waals surface area contributed by atoms with Gasteiger partial charge in [-0.05, 0) is 47.4 Å². The lowest BCUT2D eigenvalue weighted by atomic mass is 10.1. The van der Waals surface area contributed by atoms with Gasteiger partial charge in [-0.1, -0.05) is 30.3 Å². The molecule has 4 N–H and O–H groups in total. The summed E-state index contributed by atoms with van der Waals surface area (Å²) in [7, 11) is 1.59. The van der Waals surface area contributed by atoms with Gasteiger partial charge in [0, 0.05) is 19.6 Å². The number of carbonyl (C=O) groups is 2. The Kier molecular flexibility index (Phi) is 9.24. The second-order valence-electron chi connectivity index (χ2n) is 8.07. The first-order chi connectivity index (χ1) is 16.9. The molecule has 0 aliphatic heterocycles. The fourth-order valence-corrected chi connectivity index (χ4v) is 3.63. The molecule has 0 fully saturated rings. The highest BCUT2D eigenvalue weighted by Crippen LogP contribution is 2.16. The summed E-state index contributed by atoms with van der Waals surface area (Å²) < 4.78 is 5.21. The van der Waals surface area contributed by atoms with Crippen molar-refractivity contribution >= 4 is 11.8 Å². The molecule has 35 heavy (non-hydrogen) atoms. The maximum atomic E-state index is 12.7. The van der Waals surface area contributed by atoms with E-state index in [1.165, 1.54) is 6.33 Å². The van der Waals surface area contributed by atoms with Gasteiger partial charge in [-0.3, -0.25) is 19.7 Å². The number of carbonyl (C=O) groups excluding carboxylic acids is 2. The van der Waals surface area contributed by atoms with Gasteiger partial charge in [0.05, 0.1) is 19.3 Å². The predicted molar refractivity (Wildman–Crippen MR) is 128 cm³/mol. The van der Waals surface area contributed by atoms with Crippen LogP contribution in [0.3, 0.4) is 0 Å². The number of methoxy groups -OCH3 is 1. The standard InChI is InChI=1S/C25H29N5O5/c1-17-8-19(6-7-20(17)15-35-33)12-30(14-24(26)31)13-21-10-23(29-16-28-21)25(32)27-11-18-4-3-5-22(9-18)34-2/h3-10,16,33H,11-15H2,1-2H3,(H2,26,31)(H,27,32). The van der Waals surface area contributed by atoms with E-state index in [4.69, 9.17) is 15.7 Å². The van der Waals surface area contributed by atoms with E-state index < -0.39 is 5.91 Å². The second-order valence-corrected chi connectivity index (χ2v) is 8.07. The summed E-state index contributed by atoms with van der Waals surface area (Å²) in [6, 6.07) is 14.7. The number of ether oxygens (including phenoxy) is 1. The molecule has 3 rings (SSSR count). The lowest BCUT2D eigenvalue weighted by Gasteiger charge is -2.21. The van der Waals surface area contributed by atoms with Crippen LogP contribution in [0.15, 0.2) is 54.9 Å². The molecule has 0 saturated carbocycles. The third-order valence-electron chi connectivity index (χ3n) is 5.34. The minimum atomic E-state index is -0.475. The molecule has 3 aromatic rings. The van der Waals surface area contributed by atoms with E-state index in [-0.39, 0.29) is 24.8 Å². The number of nitrogens with zero attached hydrogens (tertiary/aromatic N) is 3. The van der Waals surface area contributed by atoms with Crippen molar-refractivity contribution in [2.45, 2.75) is 33.2 Å². The van der Waals surface area contributed by atoms with Crippen molar-refractivity contribution in [3.8, 4) is 5.75 Å². The molecule has 10 nitrogen and oxygen atoms in total. The van der Waals surface area contributed by atoms with Crippen LogP contribution in [0, 0.1) is 6.92 Å². The topological polar surface area (TPSA) is 140 Å². The molecule has 1 heterocycles. The van der Waals surface area contributed by atoms with Crippen LogP contribution in [0.4, 0.5) is 0 Å². The summed E-state index contributed by atoms with van der Waals surface area (Å²) >= 11 is 0. The first-order valence-corrected chi connectivity index (χ1v) is 11.0. The molecule has 0 spiro atoms. The van der Waals surface area contributed by atoms with Crippen molar-refractivity contribution in [2.75, 3.05) is 13.7 Å². The van der Waals surface area contributed by atoms with Gasteiger partial charge in [0.15, 0.2) is 0 Å². The zero-order valence-corrected chi connectivity index (χ0v) is 19.7. The van der Waals surface area contributed by atoms with E-state index in [0.29, 0.717) is 31.1 Å². The van der Waals surface area contributed by atoms with Crippen LogP contribution in [0.25, 0.3) is 0 Å². The van der Waals surface area contributed by atoms with Gasteiger partial charge in [0.1, 0.15) is 24.4 Å². The molecule has 2 aromatic carbocycles. The highest BCUT2D eigenvalue weighted by atomic mass is 17.1. The van der Waals surface area contributed by atoms with Crippen LogP contribution in [-0.4, -0.2) is 45.6 Å². The molecule has 0 atom stereocenters. The zero-order chi connectivity index (χ0) is 25.2. The fourth-order valence-electron chi connectivity index (χ4n) is 3.63. The molecule has 10 heteroatoms. The highest BCUT2D eigenvalue weighted by molar-refractivity contribution is 5.92. The number of aromatic nitrogens is 2. The van der Waals surface area contributed by atoms with E-state index in [1.54, 1.807) is 13.2 Å². The van der Waals surface area contributed by atoms with Crippen LogP contribution in [0.5, 0.6) is 5.75 Å². The summed E-state index contributed by atoms with van der Waals surface area (Å²) in [6.45, 7) is 3.08. The van der Waals surface area contributed by atoms with E-state index in [0.717, 1.165) is 22.3 Å². The third kappa shape index (κ3) is 7.85. The molecular formula is C25H29N5O5. The van der Waals surface area contributed by atoms with Gasteiger partial charge in [0.25, 0.3) is 5.91 Å². The molecule has 2 amide bonds. The number of hydrogen-bond acceptors (Lipinski definition) is 8. The van der Waals surface area contributed by atoms with Gasteiger partial charge in [-0.15, -0.1) is 0 Å². The summed E-state index contributed by atoms with van der Waals surface area (Å²) in [5.41, 5.74) is 9.92. The monoisotopic (exact) mass is 479 g/mol. The third-order valence-corrected chi connectivity index (χ3v) is 5.34. The number of aryl methyl sites for hydroxylation is 1. The normalized spacial score (nSPS) is 10.9. The van der Waals surface area contributed by atoms with Gasteiger partial charge < -0.3 is 15.8 Å². The SMILES string of the molecule is COc1cccc(CNC(=O)c2cc(CN(CC(N)=O)Cc3ccc(COO)c(C)c3)ncn2)c1. The van der Waals surface area contributed by atoms with Gasteiger partial charge in [0.2, 0.25) is 5.91 Å². The molecule has 0 bridgehead atoms. The number of primary amides is 1. The van der Waals surface area contributed by atoms with Gasteiger partial charge in [-0.25, -0.2) is 14.9 Å².